The van der Waals surface area contributed by atoms with Crippen molar-refractivity contribution in [3.05, 3.63) is 28.4 Å². The second kappa shape index (κ2) is 4.33. The first-order valence-electron chi connectivity index (χ1n) is 4.72. The molecule has 0 aliphatic carbocycles. The minimum absolute atomic E-state index is 0.170. The smallest absolute Gasteiger partial charge is 0.0812 e. The zero-order valence-corrected chi connectivity index (χ0v) is 9.12. The average molecular weight is 209 g/mol. The lowest BCUT2D eigenvalue weighted by atomic mass is 10.0. The fourth-order valence-corrected chi connectivity index (χ4v) is 1.22. The third-order valence-electron chi connectivity index (χ3n) is 2.44. The van der Waals surface area contributed by atoms with Gasteiger partial charge in [0.15, 0.2) is 0 Å². The van der Waals surface area contributed by atoms with Crippen LogP contribution in [0.1, 0.15) is 32.5 Å². The van der Waals surface area contributed by atoms with E-state index in [-0.39, 0.29) is 12.6 Å². The van der Waals surface area contributed by atoms with Crippen LogP contribution in [-0.2, 0) is 6.54 Å². The molecule has 1 aromatic rings. The van der Waals surface area contributed by atoms with E-state index >= 15 is 0 Å². The molecule has 0 saturated heterocycles. The number of nitrogens with zero attached hydrogens (tertiary/aromatic N) is 5. The van der Waals surface area contributed by atoms with Gasteiger partial charge < -0.3 is 5.11 Å². The van der Waals surface area contributed by atoms with Crippen LogP contribution in [0.5, 0.6) is 0 Å². The summed E-state index contributed by atoms with van der Waals surface area (Å²) in [5, 5.41) is 17.4. The number of azide groups is 1. The van der Waals surface area contributed by atoms with Gasteiger partial charge in [-0.3, -0.25) is 4.68 Å². The zero-order valence-electron chi connectivity index (χ0n) is 9.12. The van der Waals surface area contributed by atoms with E-state index in [1.807, 2.05) is 6.92 Å². The first kappa shape index (κ1) is 11.6. The molecule has 0 fully saturated rings. The Bertz CT molecular complexity index is 372. The van der Waals surface area contributed by atoms with Crippen molar-refractivity contribution in [1.29, 1.82) is 0 Å². The van der Waals surface area contributed by atoms with Gasteiger partial charge >= 0.3 is 0 Å². The molecule has 1 aromatic heterocycles. The largest absolute Gasteiger partial charge is 0.388 e. The monoisotopic (exact) mass is 209 g/mol. The average Bonchev–Trinajstić information content (AvgIpc) is 2.59. The standard InChI is InChI=1S/C9H15N5O/c1-7(9(2,3)15)14-8(4-5-12-14)6-11-13-10/h4-5,7,15H,6H2,1-3H3. The topological polar surface area (TPSA) is 86.8 Å². The van der Waals surface area contributed by atoms with Crippen molar-refractivity contribution in [2.45, 2.75) is 39.0 Å². The summed E-state index contributed by atoms with van der Waals surface area (Å²) in [6.45, 7) is 5.55. The lowest BCUT2D eigenvalue weighted by molar-refractivity contribution is 0.0247. The molecule has 1 rings (SSSR count). The van der Waals surface area contributed by atoms with Crippen molar-refractivity contribution in [3.63, 3.8) is 0 Å². The van der Waals surface area contributed by atoms with E-state index < -0.39 is 5.60 Å². The van der Waals surface area contributed by atoms with Gasteiger partial charge in [-0.25, -0.2) is 0 Å². The molecular formula is C9H15N5O. The highest BCUT2D eigenvalue weighted by atomic mass is 16.3. The molecule has 1 atom stereocenters. The van der Waals surface area contributed by atoms with Gasteiger partial charge in [-0.1, -0.05) is 5.11 Å². The molecular weight excluding hydrogens is 194 g/mol. The molecule has 15 heavy (non-hydrogen) atoms. The van der Waals surface area contributed by atoms with E-state index in [2.05, 4.69) is 15.1 Å². The summed E-state index contributed by atoms with van der Waals surface area (Å²) < 4.78 is 1.68. The normalized spacial score (nSPS) is 13.3. The SMILES string of the molecule is CC(n1nccc1CN=[N+]=[N-])C(C)(C)O. The first-order valence-corrected chi connectivity index (χ1v) is 4.72. The number of rotatable bonds is 4. The van der Waals surface area contributed by atoms with Crippen LogP contribution in [0.3, 0.4) is 0 Å². The molecule has 6 heteroatoms. The van der Waals surface area contributed by atoms with Crippen LogP contribution < -0.4 is 0 Å². The molecule has 0 radical (unpaired) electrons. The van der Waals surface area contributed by atoms with Gasteiger partial charge in [0.25, 0.3) is 0 Å². The summed E-state index contributed by atoms with van der Waals surface area (Å²) in [5.41, 5.74) is 8.16. The second-order valence-electron chi connectivity index (χ2n) is 3.99. The van der Waals surface area contributed by atoms with Crippen molar-refractivity contribution in [3.8, 4) is 0 Å². The van der Waals surface area contributed by atoms with Crippen molar-refractivity contribution in [2.75, 3.05) is 0 Å². The van der Waals surface area contributed by atoms with Gasteiger partial charge in [0.05, 0.1) is 18.2 Å². The second-order valence-corrected chi connectivity index (χ2v) is 3.99. The zero-order chi connectivity index (χ0) is 11.5. The predicted octanol–water partition coefficient (Wildman–Crippen LogP) is 2.03. The lowest BCUT2D eigenvalue weighted by Crippen LogP contribution is -2.32. The number of hydrogen-bond acceptors (Lipinski definition) is 3. The van der Waals surface area contributed by atoms with E-state index in [1.54, 1.807) is 30.8 Å². The van der Waals surface area contributed by atoms with Crippen molar-refractivity contribution >= 4 is 0 Å². The number of aliphatic hydroxyl groups is 1. The molecule has 0 aromatic carbocycles. The number of hydrogen-bond donors (Lipinski definition) is 1. The number of aromatic nitrogens is 2. The van der Waals surface area contributed by atoms with Gasteiger partial charge in [-0.2, -0.15) is 5.10 Å². The Kier molecular flexibility index (Phi) is 3.34. The van der Waals surface area contributed by atoms with Gasteiger partial charge in [-0.05, 0) is 32.4 Å². The van der Waals surface area contributed by atoms with E-state index in [4.69, 9.17) is 5.53 Å². The Balaban J connectivity index is 2.94. The molecule has 0 aliphatic rings. The fourth-order valence-electron chi connectivity index (χ4n) is 1.22. The molecule has 0 spiro atoms. The van der Waals surface area contributed by atoms with E-state index in [0.717, 1.165) is 5.69 Å². The maximum atomic E-state index is 9.84. The summed E-state index contributed by atoms with van der Waals surface area (Å²) in [7, 11) is 0. The van der Waals surface area contributed by atoms with Crippen LogP contribution in [0.4, 0.5) is 0 Å². The first-order chi connectivity index (χ1) is 6.96. The highest BCUT2D eigenvalue weighted by Gasteiger charge is 2.25. The van der Waals surface area contributed by atoms with Crippen LogP contribution in [0.15, 0.2) is 17.4 Å². The molecule has 0 bridgehead atoms. The quantitative estimate of drug-likeness (QED) is 0.467. The minimum Gasteiger partial charge on any atom is -0.388 e. The summed E-state index contributed by atoms with van der Waals surface area (Å²) in [5.74, 6) is 0. The highest BCUT2D eigenvalue weighted by molar-refractivity contribution is 5.03. The van der Waals surface area contributed by atoms with Crippen molar-refractivity contribution < 1.29 is 5.11 Å². The van der Waals surface area contributed by atoms with Crippen molar-refractivity contribution in [2.24, 2.45) is 5.11 Å². The van der Waals surface area contributed by atoms with Crippen LogP contribution >= 0.6 is 0 Å². The summed E-state index contributed by atoms with van der Waals surface area (Å²) in [6.07, 6.45) is 1.63. The summed E-state index contributed by atoms with van der Waals surface area (Å²) in [6, 6.07) is 1.60. The van der Waals surface area contributed by atoms with Gasteiger partial charge in [0, 0.05) is 16.8 Å². The fraction of sp³-hybridized carbons (Fsp3) is 0.667. The molecule has 6 nitrogen and oxygen atoms in total. The van der Waals surface area contributed by atoms with Crippen molar-refractivity contribution in [1.82, 2.24) is 9.78 Å². The lowest BCUT2D eigenvalue weighted by Gasteiger charge is -2.27. The summed E-state index contributed by atoms with van der Waals surface area (Å²) in [4.78, 5) is 2.69. The van der Waals surface area contributed by atoms with E-state index in [9.17, 15) is 5.11 Å². The Morgan fingerprint density at radius 3 is 2.93 bits per heavy atom. The third-order valence-corrected chi connectivity index (χ3v) is 2.44. The Morgan fingerprint density at radius 1 is 1.73 bits per heavy atom. The molecule has 1 N–H and O–H groups in total. The van der Waals surface area contributed by atoms with E-state index in [1.165, 1.54) is 0 Å². The Labute approximate surface area is 88.2 Å². The van der Waals surface area contributed by atoms with Gasteiger partial charge in [0.2, 0.25) is 0 Å². The minimum atomic E-state index is -0.864. The van der Waals surface area contributed by atoms with Gasteiger partial charge in [0.1, 0.15) is 0 Å². The van der Waals surface area contributed by atoms with E-state index in [0.29, 0.717) is 0 Å². The maximum absolute atomic E-state index is 9.84. The molecule has 0 amide bonds. The molecule has 0 aliphatic heterocycles. The molecule has 82 valence electrons. The van der Waals surface area contributed by atoms with Gasteiger partial charge in [-0.15, -0.1) is 0 Å². The molecule has 0 saturated carbocycles. The predicted molar refractivity (Wildman–Crippen MR) is 56.1 cm³/mol. The van der Waals surface area contributed by atoms with Crippen LogP contribution in [-0.4, -0.2) is 20.5 Å². The van der Waals surface area contributed by atoms with Crippen LogP contribution in [0.25, 0.3) is 10.4 Å². The summed E-state index contributed by atoms with van der Waals surface area (Å²) >= 11 is 0. The molecule has 1 heterocycles. The molecule has 1 unspecified atom stereocenters. The highest BCUT2D eigenvalue weighted by Crippen LogP contribution is 2.22. The maximum Gasteiger partial charge on any atom is 0.0812 e. The van der Waals surface area contributed by atoms with Crippen LogP contribution in [0.2, 0.25) is 0 Å². The Hall–Kier alpha value is -1.52. The van der Waals surface area contributed by atoms with Crippen LogP contribution in [0, 0.1) is 0 Å². The third kappa shape index (κ3) is 2.71. The Morgan fingerprint density at radius 2 is 2.40 bits per heavy atom.